The van der Waals surface area contributed by atoms with Gasteiger partial charge in [0.2, 0.25) is 10.0 Å². The van der Waals surface area contributed by atoms with Crippen molar-refractivity contribution < 1.29 is 32.2 Å². The number of methoxy groups -OCH3 is 2. The molecule has 0 bridgehead atoms. The van der Waals surface area contributed by atoms with Gasteiger partial charge in [-0.2, -0.15) is 4.31 Å². The first kappa shape index (κ1) is 23.2. The molecule has 1 amide bonds. The van der Waals surface area contributed by atoms with Gasteiger partial charge < -0.3 is 19.5 Å². The summed E-state index contributed by atoms with van der Waals surface area (Å²) >= 11 is 1.24. The fourth-order valence-electron chi connectivity index (χ4n) is 3.19. The highest BCUT2D eigenvalue weighted by Gasteiger charge is 2.29. The van der Waals surface area contributed by atoms with Gasteiger partial charge in [0.25, 0.3) is 5.91 Å². The molecule has 11 heteroatoms. The molecule has 0 unspecified atom stereocenters. The molecule has 9 nitrogen and oxygen atoms in total. The molecule has 1 saturated heterocycles. The molecular weight excluding hydrogens is 444 g/mol. The normalized spacial score (nSPS) is 14.8. The lowest BCUT2D eigenvalue weighted by Crippen LogP contribution is -2.40. The minimum atomic E-state index is -3.80. The summed E-state index contributed by atoms with van der Waals surface area (Å²) in [5.41, 5.74) is 1.02. The van der Waals surface area contributed by atoms with Gasteiger partial charge >= 0.3 is 5.97 Å². The number of esters is 1. The number of sulfonamides is 1. The van der Waals surface area contributed by atoms with Crippen molar-refractivity contribution in [1.82, 2.24) is 4.31 Å². The zero-order valence-corrected chi connectivity index (χ0v) is 19.3. The monoisotopic (exact) mass is 468 g/mol. The molecule has 1 fully saturated rings. The number of anilines is 1. The smallest absolute Gasteiger partial charge is 0.341 e. The number of amides is 1. The van der Waals surface area contributed by atoms with Crippen LogP contribution in [0.15, 0.2) is 23.1 Å². The van der Waals surface area contributed by atoms with Crippen LogP contribution in [-0.2, 0) is 19.5 Å². The first-order valence-electron chi connectivity index (χ1n) is 9.46. The summed E-state index contributed by atoms with van der Waals surface area (Å²) in [6, 6.07) is 4.12. The molecule has 1 N–H and O–H groups in total. The first-order valence-corrected chi connectivity index (χ1v) is 11.7. The number of thiophene rings is 1. The second kappa shape index (κ2) is 9.35. The van der Waals surface area contributed by atoms with Gasteiger partial charge in [-0.1, -0.05) is 0 Å². The van der Waals surface area contributed by atoms with E-state index in [2.05, 4.69) is 5.32 Å². The number of benzene rings is 1. The first-order chi connectivity index (χ1) is 14.7. The molecule has 0 aliphatic carbocycles. The molecule has 0 atom stereocenters. The summed E-state index contributed by atoms with van der Waals surface area (Å²) in [5, 5.41) is 3.04. The maximum atomic E-state index is 13.1. The number of ether oxygens (including phenoxy) is 3. The van der Waals surface area contributed by atoms with Crippen LogP contribution >= 0.6 is 11.3 Å². The molecule has 2 heterocycles. The molecule has 1 aromatic carbocycles. The number of nitrogens with one attached hydrogen (secondary N) is 1. The fourth-order valence-corrected chi connectivity index (χ4v) is 5.67. The minimum absolute atomic E-state index is 0.0212. The zero-order valence-electron chi connectivity index (χ0n) is 17.7. The third-order valence-electron chi connectivity index (χ3n) is 5.03. The van der Waals surface area contributed by atoms with E-state index in [1.807, 2.05) is 6.92 Å². The highest BCUT2D eigenvalue weighted by Crippen LogP contribution is 2.34. The van der Waals surface area contributed by atoms with Crippen LogP contribution in [0.1, 0.15) is 31.2 Å². The van der Waals surface area contributed by atoms with Gasteiger partial charge in [0.1, 0.15) is 10.8 Å². The zero-order chi connectivity index (χ0) is 22.8. The van der Waals surface area contributed by atoms with Crippen LogP contribution in [-0.4, -0.2) is 65.1 Å². The van der Waals surface area contributed by atoms with Crippen LogP contribution in [0.5, 0.6) is 5.75 Å². The number of rotatable bonds is 6. The Bertz CT molecular complexity index is 1100. The maximum Gasteiger partial charge on any atom is 0.341 e. The van der Waals surface area contributed by atoms with Crippen molar-refractivity contribution in [2.75, 3.05) is 45.8 Å². The largest absolute Gasteiger partial charge is 0.496 e. The lowest BCUT2D eigenvalue weighted by Gasteiger charge is -2.26. The van der Waals surface area contributed by atoms with Crippen molar-refractivity contribution in [1.29, 1.82) is 0 Å². The Morgan fingerprint density at radius 2 is 1.84 bits per heavy atom. The second-order valence-electron chi connectivity index (χ2n) is 6.81. The minimum Gasteiger partial charge on any atom is -0.496 e. The van der Waals surface area contributed by atoms with Crippen LogP contribution in [0.3, 0.4) is 0 Å². The summed E-state index contributed by atoms with van der Waals surface area (Å²) < 4.78 is 42.6. The average Bonchev–Trinajstić information content (AvgIpc) is 3.06. The lowest BCUT2D eigenvalue weighted by molar-refractivity contribution is 0.0601. The van der Waals surface area contributed by atoms with E-state index in [1.165, 1.54) is 48.1 Å². The van der Waals surface area contributed by atoms with E-state index in [9.17, 15) is 18.0 Å². The Morgan fingerprint density at radius 1 is 1.16 bits per heavy atom. The van der Waals surface area contributed by atoms with Gasteiger partial charge in [0.15, 0.2) is 0 Å². The number of hydrogen-bond donors (Lipinski definition) is 1. The third-order valence-corrected chi connectivity index (χ3v) is 8.04. The molecule has 2 aromatic rings. The molecule has 0 spiro atoms. The van der Waals surface area contributed by atoms with Crippen LogP contribution in [0, 0.1) is 13.8 Å². The van der Waals surface area contributed by atoms with Crippen molar-refractivity contribution in [3.63, 3.8) is 0 Å². The number of morpholine rings is 1. The topological polar surface area (TPSA) is 111 Å². The molecule has 0 saturated carbocycles. The maximum absolute atomic E-state index is 13.1. The predicted molar refractivity (Wildman–Crippen MR) is 116 cm³/mol. The molecule has 1 aliphatic rings. The van der Waals surface area contributed by atoms with E-state index in [-0.39, 0.29) is 34.9 Å². The van der Waals surface area contributed by atoms with E-state index >= 15 is 0 Å². The van der Waals surface area contributed by atoms with Gasteiger partial charge in [-0.15, -0.1) is 11.3 Å². The number of nitrogens with zero attached hydrogens (tertiary/aromatic N) is 1. The highest BCUT2D eigenvalue weighted by atomic mass is 32.2. The fraction of sp³-hybridized carbons (Fsp3) is 0.400. The summed E-state index contributed by atoms with van der Waals surface area (Å²) in [4.78, 5) is 26.1. The molecular formula is C20H24N2O7S2. The van der Waals surface area contributed by atoms with Gasteiger partial charge in [0, 0.05) is 18.0 Å². The van der Waals surface area contributed by atoms with Gasteiger partial charge in [-0.05, 0) is 37.6 Å². The molecule has 0 radical (unpaired) electrons. The van der Waals surface area contributed by atoms with E-state index in [0.717, 1.165) is 4.88 Å². The van der Waals surface area contributed by atoms with Crippen molar-refractivity contribution in [3.05, 3.63) is 39.8 Å². The summed E-state index contributed by atoms with van der Waals surface area (Å²) in [7, 11) is -1.14. The van der Waals surface area contributed by atoms with E-state index in [0.29, 0.717) is 23.8 Å². The van der Waals surface area contributed by atoms with Crippen LogP contribution in [0.2, 0.25) is 0 Å². The standard InChI is InChI=1S/C20H24N2O7S2/c1-12-13(2)30-19(17(12)20(24)28-4)21-18(23)15-11-14(5-6-16(15)27-3)31(25,26)22-7-9-29-10-8-22/h5-6,11H,7-10H2,1-4H3,(H,21,23). The third kappa shape index (κ3) is 4.59. The lowest BCUT2D eigenvalue weighted by atomic mass is 10.1. The Balaban J connectivity index is 1.97. The second-order valence-corrected chi connectivity index (χ2v) is 9.97. The molecule has 3 rings (SSSR count). The summed E-state index contributed by atoms with van der Waals surface area (Å²) in [5.74, 6) is -0.946. The van der Waals surface area contributed by atoms with Crippen LogP contribution in [0.25, 0.3) is 0 Å². The Labute approximate surface area is 185 Å². The Kier molecular flexibility index (Phi) is 6.99. The Hall–Kier alpha value is -2.47. The van der Waals surface area contributed by atoms with E-state index in [4.69, 9.17) is 14.2 Å². The van der Waals surface area contributed by atoms with E-state index in [1.54, 1.807) is 6.92 Å². The number of hydrogen-bond acceptors (Lipinski definition) is 8. The number of carbonyl (C=O) groups is 2. The van der Waals surface area contributed by atoms with Crippen molar-refractivity contribution in [2.45, 2.75) is 18.7 Å². The van der Waals surface area contributed by atoms with Crippen molar-refractivity contribution in [3.8, 4) is 5.75 Å². The molecule has 168 valence electrons. The van der Waals surface area contributed by atoms with E-state index < -0.39 is 21.9 Å². The van der Waals surface area contributed by atoms with Crippen molar-refractivity contribution >= 4 is 38.2 Å². The molecule has 1 aliphatic heterocycles. The van der Waals surface area contributed by atoms with Crippen LogP contribution in [0.4, 0.5) is 5.00 Å². The summed E-state index contributed by atoms with van der Waals surface area (Å²) in [6.07, 6.45) is 0. The van der Waals surface area contributed by atoms with Gasteiger partial charge in [-0.25, -0.2) is 13.2 Å². The van der Waals surface area contributed by atoms with Gasteiger partial charge in [0.05, 0.1) is 43.5 Å². The average molecular weight is 469 g/mol. The number of carbonyl (C=O) groups excluding carboxylic acids is 2. The van der Waals surface area contributed by atoms with Crippen molar-refractivity contribution in [2.24, 2.45) is 0 Å². The highest BCUT2D eigenvalue weighted by molar-refractivity contribution is 7.89. The quantitative estimate of drug-likeness (QED) is 0.648. The van der Waals surface area contributed by atoms with Gasteiger partial charge in [-0.3, -0.25) is 4.79 Å². The summed E-state index contributed by atoms with van der Waals surface area (Å²) in [6.45, 7) is 4.71. The Morgan fingerprint density at radius 3 is 2.45 bits per heavy atom. The predicted octanol–water partition coefficient (Wildman–Crippen LogP) is 2.43. The molecule has 1 aromatic heterocycles. The number of aryl methyl sites for hydroxylation is 1. The SMILES string of the molecule is COC(=O)c1c(NC(=O)c2cc(S(=O)(=O)N3CCOCC3)ccc2OC)sc(C)c1C. The van der Waals surface area contributed by atoms with Crippen LogP contribution < -0.4 is 10.1 Å². The molecule has 31 heavy (non-hydrogen) atoms.